The van der Waals surface area contributed by atoms with Crippen LogP contribution in [0.4, 0.5) is 0 Å². The second-order valence-corrected chi connectivity index (χ2v) is 5.67. The summed E-state index contributed by atoms with van der Waals surface area (Å²) >= 11 is 1.38. The lowest BCUT2D eigenvalue weighted by molar-refractivity contribution is -0.117. The molecule has 2 amide bonds. The van der Waals surface area contributed by atoms with E-state index in [4.69, 9.17) is 11.5 Å². The third kappa shape index (κ3) is 5.35. The van der Waals surface area contributed by atoms with Crippen LogP contribution in [0.25, 0.3) is 0 Å². The molecule has 0 fully saturated rings. The average molecular weight is 284 g/mol. The summed E-state index contributed by atoms with van der Waals surface area (Å²) in [7, 11) is 0. The van der Waals surface area contributed by atoms with E-state index < -0.39 is 5.91 Å². The highest BCUT2D eigenvalue weighted by atomic mass is 32.1. The molecule has 1 rings (SSSR count). The first-order valence-electron chi connectivity index (χ1n) is 6.17. The number of amides is 2. The first kappa shape index (κ1) is 15.6. The van der Waals surface area contributed by atoms with Crippen molar-refractivity contribution in [3.63, 3.8) is 0 Å². The molecule has 1 aromatic rings. The fraction of sp³-hybridized carbons (Fsp3) is 0.583. The Hall–Kier alpha value is -1.47. The Morgan fingerprint density at radius 3 is 2.74 bits per heavy atom. The number of rotatable bonds is 7. The quantitative estimate of drug-likeness (QED) is 0.687. The van der Waals surface area contributed by atoms with E-state index in [0.717, 1.165) is 11.4 Å². The van der Waals surface area contributed by atoms with Gasteiger partial charge in [-0.15, -0.1) is 11.3 Å². The molecule has 106 valence electrons. The standard InChI is InChI=1S/C12H20N4O2S/c1-7(2)5-8(13)12-16-9(6-19-12)11(18)15-4-3-10(14)17/h6-8H,3-5,13H2,1-2H3,(H2,14,17)(H,15,18). The van der Waals surface area contributed by atoms with Crippen LogP contribution in [0.2, 0.25) is 0 Å². The third-order valence-corrected chi connectivity index (χ3v) is 3.43. The number of aromatic nitrogens is 1. The second kappa shape index (κ2) is 7.20. The second-order valence-electron chi connectivity index (χ2n) is 4.78. The number of hydrogen-bond donors (Lipinski definition) is 3. The molecule has 0 aromatic carbocycles. The molecule has 1 atom stereocenters. The van der Waals surface area contributed by atoms with Crippen LogP contribution in [0, 0.1) is 5.92 Å². The largest absolute Gasteiger partial charge is 0.370 e. The van der Waals surface area contributed by atoms with Crippen molar-refractivity contribution in [1.82, 2.24) is 10.3 Å². The normalized spacial score (nSPS) is 12.4. The van der Waals surface area contributed by atoms with E-state index in [1.807, 2.05) is 0 Å². The van der Waals surface area contributed by atoms with Crippen molar-refractivity contribution < 1.29 is 9.59 Å². The van der Waals surface area contributed by atoms with Crippen molar-refractivity contribution in [2.45, 2.75) is 32.7 Å². The first-order valence-corrected chi connectivity index (χ1v) is 7.05. The van der Waals surface area contributed by atoms with Gasteiger partial charge in [0.2, 0.25) is 5.91 Å². The predicted octanol–water partition coefficient (Wildman–Crippen LogP) is 0.794. The van der Waals surface area contributed by atoms with Gasteiger partial charge in [0.1, 0.15) is 10.7 Å². The lowest BCUT2D eigenvalue weighted by Crippen LogP contribution is -2.28. The summed E-state index contributed by atoms with van der Waals surface area (Å²) in [6.07, 6.45) is 0.950. The van der Waals surface area contributed by atoms with Crippen LogP contribution >= 0.6 is 11.3 Å². The van der Waals surface area contributed by atoms with E-state index in [1.165, 1.54) is 11.3 Å². The number of primary amides is 1. The molecule has 6 nitrogen and oxygen atoms in total. The van der Waals surface area contributed by atoms with Gasteiger partial charge in [0.15, 0.2) is 0 Å². The highest BCUT2D eigenvalue weighted by Crippen LogP contribution is 2.22. The predicted molar refractivity (Wildman–Crippen MR) is 74.6 cm³/mol. The lowest BCUT2D eigenvalue weighted by Gasteiger charge is -2.10. The number of nitrogens with two attached hydrogens (primary N) is 2. The summed E-state index contributed by atoms with van der Waals surface area (Å²) in [4.78, 5) is 26.5. The summed E-state index contributed by atoms with van der Waals surface area (Å²) in [5.74, 6) is -0.273. The minimum Gasteiger partial charge on any atom is -0.370 e. The number of carbonyl (C=O) groups excluding carboxylic acids is 2. The van der Waals surface area contributed by atoms with Crippen molar-refractivity contribution in [3.05, 3.63) is 16.1 Å². The molecule has 0 aliphatic rings. The number of nitrogens with zero attached hydrogens (tertiary/aromatic N) is 1. The zero-order chi connectivity index (χ0) is 14.4. The maximum atomic E-state index is 11.7. The van der Waals surface area contributed by atoms with Crippen LogP contribution in [0.5, 0.6) is 0 Å². The van der Waals surface area contributed by atoms with Gasteiger partial charge in [-0.05, 0) is 12.3 Å². The van der Waals surface area contributed by atoms with Gasteiger partial charge in [-0.3, -0.25) is 9.59 Å². The molecule has 5 N–H and O–H groups in total. The molecule has 0 saturated carbocycles. The monoisotopic (exact) mass is 284 g/mol. The molecule has 0 spiro atoms. The maximum absolute atomic E-state index is 11.7. The lowest BCUT2D eigenvalue weighted by atomic mass is 10.1. The SMILES string of the molecule is CC(C)CC(N)c1nc(C(=O)NCCC(N)=O)cs1. The molecule has 19 heavy (non-hydrogen) atoms. The molecule has 1 unspecified atom stereocenters. The zero-order valence-electron chi connectivity index (χ0n) is 11.2. The highest BCUT2D eigenvalue weighted by Gasteiger charge is 2.16. The Labute approximate surface area is 116 Å². The Kier molecular flexibility index (Phi) is 5.91. The van der Waals surface area contributed by atoms with E-state index in [1.54, 1.807) is 5.38 Å². The smallest absolute Gasteiger partial charge is 0.270 e. The molecule has 1 heterocycles. The van der Waals surface area contributed by atoms with Gasteiger partial charge < -0.3 is 16.8 Å². The van der Waals surface area contributed by atoms with Gasteiger partial charge in [-0.25, -0.2) is 4.98 Å². The molecule has 0 aliphatic carbocycles. The Morgan fingerprint density at radius 1 is 1.47 bits per heavy atom. The van der Waals surface area contributed by atoms with Gasteiger partial charge in [0.25, 0.3) is 5.91 Å². The summed E-state index contributed by atoms with van der Waals surface area (Å²) in [5.41, 5.74) is 11.3. The van der Waals surface area contributed by atoms with Crippen LogP contribution < -0.4 is 16.8 Å². The van der Waals surface area contributed by atoms with Gasteiger partial charge in [0.05, 0.1) is 6.04 Å². The Morgan fingerprint density at radius 2 is 2.16 bits per heavy atom. The number of hydrogen-bond acceptors (Lipinski definition) is 5. The van der Waals surface area contributed by atoms with Crippen molar-refractivity contribution in [2.24, 2.45) is 17.4 Å². The number of carbonyl (C=O) groups is 2. The van der Waals surface area contributed by atoms with Crippen LogP contribution in [0.1, 0.15) is 48.2 Å². The van der Waals surface area contributed by atoms with Gasteiger partial charge >= 0.3 is 0 Å². The molecule has 0 saturated heterocycles. The molecule has 1 aromatic heterocycles. The Bertz CT molecular complexity index is 445. The van der Waals surface area contributed by atoms with Crippen molar-refractivity contribution in [3.8, 4) is 0 Å². The zero-order valence-corrected chi connectivity index (χ0v) is 12.0. The van der Waals surface area contributed by atoms with Gasteiger partial charge in [-0.2, -0.15) is 0 Å². The van der Waals surface area contributed by atoms with Crippen LogP contribution in [0.15, 0.2) is 5.38 Å². The molecule has 0 radical (unpaired) electrons. The molecule has 0 bridgehead atoms. The summed E-state index contributed by atoms with van der Waals surface area (Å²) in [6, 6.07) is -0.142. The van der Waals surface area contributed by atoms with Crippen LogP contribution in [-0.4, -0.2) is 23.3 Å². The molecule has 7 heteroatoms. The average Bonchev–Trinajstić information content (AvgIpc) is 2.76. The summed E-state index contributed by atoms with van der Waals surface area (Å²) in [6.45, 7) is 4.40. The topological polar surface area (TPSA) is 111 Å². The fourth-order valence-corrected chi connectivity index (χ4v) is 2.37. The Balaban J connectivity index is 2.53. The van der Waals surface area contributed by atoms with Crippen molar-refractivity contribution in [2.75, 3.05) is 6.54 Å². The molecular weight excluding hydrogens is 264 g/mol. The summed E-state index contributed by atoms with van der Waals surface area (Å²) in [5, 5.41) is 5.02. The third-order valence-electron chi connectivity index (χ3n) is 2.45. The highest BCUT2D eigenvalue weighted by molar-refractivity contribution is 7.09. The van der Waals surface area contributed by atoms with E-state index in [0.29, 0.717) is 11.6 Å². The number of thiazole rings is 1. The van der Waals surface area contributed by atoms with E-state index >= 15 is 0 Å². The van der Waals surface area contributed by atoms with E-state index in [9.17, 15) is 9.59 Å². The van der Waals surface area contributed by atoms with Crippen LogP contribution in [-0.2, 0) is 4.79 Å². The minimum absolute atomic E-state index is 0.121. The van der Waals surface area contributed by atoms with E-state index in [2.05, 4.69) is 24.1 Å². The van der Waals surface area contributed by atoms with Crippen molar-refractivity contribution >= 4 is 23.2 Å². The van der Waals surface area contributed by atoms with Gasteiger partial charge in [-0.1, -0.05) is 13.8 Å². The van der Waals surface area contributed by atoms with Crippen LogP contribution in [0.3, 0.4) is 0 Å². The first-order chi connectivity index (χ1) is 8.90. The maximum Gasteiger partial charge on any atom is 0.270 e. The number of nitrogens with one attached hydrogen (secondary N) is 1. The van der Waals surface area contributed by atoms with Gasteiger partial charge in [0, 0.05) is 18.3 Å². The fourth-order valence-electron chi connectivity index (χ4n) is 1.56. The minimum atomic E-state index is -0.446. The molecular formula is C12H20N4O2S. The summed E-state index contributed by atoms with van der Waals surface area (Å²) < 4.78 is 0. The van der Waals surface area contributed by atoms with Crippen molar-refractivity contribution in [1.29, 1.82) is 0 Å². The van der Waals surface area contributed by atoms with E-state index in [-0.39, 0.29) is 24.9 Å². The molecule has 0 aliphatic heterocycles.